The van der Waals surface area contributed by atoms with Crippen molar-refractivity contribution in [3.63, 3.8) is 0 Å². The zero-order chi connectivity index (χ0) is 12.1. The van der Waals surface area contributed by atoms with Crippen molar-refractivity contribution in [3.8, 4) is 0 Å². The number of hydrogen-bond acceptors (Lipinski definition) is 2. The lowest BCUT2D eigenvalue weighted by molar-refractivity contribution is 0.112. The smallest absolute Gasteiger partial charge is 0.151 e. The van der Waals surface area contributed by atoms with Crippen molar-refractivity contribution < 1.29 is 4.79 Å². The molecule has 0 amide bonds. The molecule has 0 aliphatic rings. The van der Waals surface area contributed by atoms with Gasteiger partial charge in [-0.25, -0.2) is 0 Å². The molecule has 17 heavy (non-hydrogen) atoms. The third-order valence-electron chi connectivity index (χ3n) is 2.53. The Balaban J connectivity index is 2.11. The van der Waals surface area contributed by atoms with Crippen LogP contribution in [-0.4, -0.2) is 6.29 Å². The second-order valence-corrected chi connectivity index (χ2v) is 4.95. The van der Waals surface area contributed by atoms with Crippen LogP contribution < -0.4 is 0 Å². The van der Waals surface area contributed by atoms with E-state index >= 15 is 0 Å². The third-order valence-corrected chi connectivity index (χ3v) is 3.69. The molecule has 0 N–H and O–H groups in total. The Bertz CT molecular complexity index is 506. The van der Waals surface area contributed by atoms with Crippen molar-refractivity contribution in [2.75, 3.05) is 0 Å². The first kappa shape index (κ1) is 11.9. The van der Waals surface area contributed by atoms with Crippen LogP contribution >= 0.6 is 11.8 Å². The average molecular weight is 242 g/mol. The molecule has 2 rings (SSSR count). The number of benzene rings is 2. The van der Waals surface area contributed by atoms with Gasteiger partial charge in [0.15, 0.2) is 6.29 Å². The van der Waals surface area contributed by atoms with Crippen molar-refractivity contribution in [2.45, 2.75) is 17.6 Å². The first-order valence-corrected chi connectivity index (χ1v) is 6.51. The monoisotopic (exact) mass is 242 g/mol. The Labute approximate surface area is 106 Å². The third kappa shape index (κ3) is 3.21. The molecule has 0 fully saturated rings. The van der Waals surface area contributed by atoms with Gasteiger partial charge in [-0.15, -0.1) is 11.8 Å². The molecule has 0 spiro atoms. The first-order valence-electron chi connectivity index (χ1n) is 5.52. The van der Waals surface area contributed by atoms with E-state index in [-0.39, 0.29) is 0 Å². The number of carbonyl (C=O) groups is 1. The lowest BCUT2D eigenvalue weighted by Crippen LogP contribution is -1.87. The van der Waals surface area contributed by atoms with E-state index in [9.17, 15) is 4.79 Å². The number of aldehydes is 1. The summed E-state index contributed by atoms with van der Waals surface area (Å²) in [6.07, 6.45) is 0.931. The van der Waals surface area contributed by atoms with Crippen LogP contribution in [-0.2, 0) is 5.75 Å². The van der Waals surface area contributed by atoms with Crippen LogP contribution in [0.2, 0.25) is 0 Å². The van der Waals surface area contributed by atoms with Gasteiger partial charge < -0.3 is 0 Å². The van der Waals surface area contributed by atoms with Crippen LogP contribution in [0.4, 0.5) is 0 Å². The molecule has 1 nitrogen and oxygen atoms in total. The van der Waals surface area contributed by atoms with Gasteiger partial charge in [0.2, 0.25) is 0 Å². The Morgan fingerprint density at radius 3 is 2.59 bits per heavy atom. The number of thioether (sulfide) groups is 1. The summed E-state index contributed by atoms with van der Waals surface area (Å²) >= 11 is 1.70. The fourth-order valence-electron chi connectivity index (χ4n) is 1.63. The van der Waals surface area contributed by atoms with E-state index in [1.54, 1.807) is 11.8 Å². The molecule has 0 bridgehead atoms. The lowest BCUT2D eigenvalue weighted by atomic mass is 10.2. The summed E-state index contributed by atoms with van der Waals surface area (Å²) in [6, 6.07) is 16.3. The Morgan fingerprint density at radius 2 is 1.88 bits per heavy atom. The predicted molar refractivity (Wildman–Crippen MR) is 72.6 cm³/mol. The molecule has 0 aromatic heterocycles. The van der Waals surface area contributed by atoms with Crippen molar-refractivity contribution in [3.05, 3.63) is 65.2 Å². The van der Waals surface area contributed by atoms with Gasteiger partial charge in [-0.1, -0.05) is 42.0 Å². The van der Waals surface area contributed by atoms with Gasteiger partial charge in [0, 0.05) is 16.2 Å². The molecule has 0 aliphatic carbocycles. The van der Waals surface area contributed by atoms with Crippen LogP contribution in [0.1, 0.15) is 21.5 Å². The molecule has 0 radical (unpaired) electrons. The van der Waals surface area contributed by atoms with Gasteiger partial charge >= 0.3 is 0 Å². The normalized spacial score (nSPS) is 10.2. The number of carbonyl (C=O) groups excluding carboxylic acids is 1. The lowest BCUT2D eigenvalue weighted by Gasteiger charge is -2.05. The maximum Gasteiger partial charge on any atom is 0.151 e. The Kier molecular flexibility index (Phi) is 3.99. The van der Waals surface area contributed by atoms with Crippen LogP contribution in [0.5, 0.6) is 0 Å². The quantitative estimate of drug-likeness (QED) is 0.593. The molecular weight excluding hydrogens is 228 g/mol. The highest BCUT2D eigenvalue weighted by molar-refractivity contribution is 7.98. The van der Waals surface area contributed by atoms with E-state index in [0.29, 0.717) is 0 Å². The first-order chi connectivity index (χ1) is 8.29. The summed E-state index contributed by atoms with van der Waals surface area (Å²) in [4.78, 5) is 12.0. The van der Waals surface area contributed by atoms with E-state index in [1.807, 2.05) is 43.3 Å². The predicted octanol–water partition coefficient (Wildman–Crippen LogP) is 4.10. The molecule has 2 aromatic carbocycles. The van der Waals surface area contributed by atoms with Crippen LogP contribution in [0, 0.1) is 6.92 Å². The SMILES string of the molecule is Cc1ccc(SCc2ccccc2)c(C=O)c1. The van der Waals surface area contributed by atoms with Gasteiger partial charge in [-0.3, -0.25) is 4.79 Å². The summed E-state index contributed by atoms with van der Waals surface area (Å²) in [7, 11) is 0. The number of hydrogen-bond donors (Lipinski definition) is 0. The van der Waals surface area contributed by atoms with E-state index in [1.165, 1.54) is 5.56 Å². The molecule has 0 atom stereocenters. The summed E-state index contributed by atoms with van der Waals surface area (Å²) in [6.45, 7) is 2.00. The van der Waals surface area contributed by atoms with E-state index in [4.69, 9.17) is 0 Å². The fourth-order valence-corrected chi connectivity index (χ4v) is 2.58. The number of rotatable bonds is 4. The van der Waals surface area contributed by atoms with Crippen LogP contribution in [0.25, 0.3) is 0 Å². The van der Waals surface area contributed by atoms with Gasteiger partial charge in [-0.05, 0) is 24.6 Å². The molecule has 86 valence electrons. The van der Waals surface area contributed by atoms with Crippen molar-refractivity contribution in [1.29, 1.82) is 0 Å². The van der Waals surface area contributed by atoms with E-state index < -0.39 is 0 Å². The fraction of sp³-hybridized carbons (Fsp3) is 0.133. The van der Waals surface area contributed by atoms with Crippen LogP contribution in [0.15, 0.2) is 53.4 Å². The zero-order valence-corrected chi connectivity index (χ0v) is 10.5. The molecular formula is C15H14OS. The molecule has 0 heterocycles. The van der Waals surface area contributed by atoms with Crippen molar-refractivity contribution in [1.82, 2.24) is 0 Å². The second-order valence-electron chi connectivity index (χ2n) is 3.93. The van der Waals surface area contributed by atoms with E-state index in [0.717, 1.165) is 28.1 Å². The number of aryl methyl sites for hydroxylation is 1. The summed E-state index contributed by atoms with van der Waals surface area (Å²) < 4.78 is 0. The molecule has 0 unspecified atom stereocenters. The van der Waals surface area contributed by atoms with E-state index in [2.05, 4.69) is 12.1 Å². The van der Waals surface area contributed by atoms with Crippen molar-refractivity contribution in [2.24, 2.45) is 0 Å². The molecule has 2 heteroatoms. The minimum atomic E-state index is 0.783. The van der Waals surface area contributed by atoms with Gasteiger partial charge in [0.25, 0.3) is 0 Å². The molecule has 0 aliphatic heterocycles. The van der Waals surface area contributed by atoms with Gasteiger partial charge in [0.1, 0.15) is 0 Å². The van der Waals surface area contributed by atoms with Gasteiger partial charge in [0.05, 0.1) is 0 Å². The maximum absolute atomic E-state index is 11.0. The summed E-state index contributed by atoms with van der Waals surface area (Å²) in [5, 5.41) is 0. The topological polar surface area (TPSA) is 17.1 Å². The highest BCUT2D eigenvalue weighted by atomic mass is 32.2. The van der Waals surface area contributed by atoms with Gasteiger partial charge in [-0.2, -0.15) is 0 Å². The second kappa shape index (κ2) is 5.69. The highest BCUT2D eigenvalue weighted by Crippen LogP contribution is 2.26. The van der Waals surface area contributed by atoms with Crippen molar-refractivity contribution >= 4 is 18.0 Å². The molecule has 0 saturated carbocycles. The summed E-state index contributed by atoms with van der Waals surface area (Å²) in [5.41, 5.74) is 3.18. The Morgan fingerprint density at radius 1 is 1.12 bits per heavy atom. The molecule has 0 saturated heterocycles. The minimum Gasteiger partial charge on any atom is -0.298 e. The van der Waals surface area contributed by atoms with Crippen LogP contribution in [0.3, 0.4) is 0 Å². The zero-order valence-electron chi connectivity index (χ0n) is 9.72. The highest BCUT2D eigenvalue weighted by Gasteiger charge is 2.03. The maximum atomic E-state index is 11.0. The Hall–Kier alpha value is -1.54. The standard InChI is InChI=1S/C15H14OS/c1-12-7-8-15(14(9-12)10-16)17-11-13-5-3-2-4-6-13/h2-10H,11H2,1H3. The minimum absolute atomic E-state index is 0.783. The summed E-state index contributed by atoms with van der Waals surface area (Å²) in [5.74, 6) is 0.894. The average Bonchev–Trinajstić information content (AvgIpc) is 2.38. The molecule has 2 aromatic rings. The largest absolute Gasteiger partial charge is 0.298 e.